The van der Waals surface area contributed by atoms with Crippen LogP contribution in [-0.2, 0) is 6.54 Å². The molecule has 0 spiro atoms. The molecule has 1 aliphatic heterocycles. The number of hydrogen-bond acceptors (Lipinski definition) is 3. The summed E-state index contributed by atoms with van der Waals surface area (Å²) in [7, 11) is 0. The molecule has 2 atom stereocenters. The average Bonchev–Trinajstić information content (AvgIpc) is 3.60. The van der Waals surface area contributed by atoms with E-state index in [9.17, 15) is 0 Å². The topological polar surface area (TPSA) is 75.5 Å². The molecule has 1 aliphatic carbocycles. The van der Waals surface area contributed by atoms with Gasteiger partial charge in [0, 0.05) is 29.1 Å². The van der Waals surface area contributed by atoms with Crippen LogP contribution in [0.4, 0.5) is 5.69 Å². The van der Waals surface area contributed by atoms with Gasteiger partial charge in [0.1, 0.15) is 5.84 Å². The molecule has 1 heterocycles. The fourth-order valence-corrected chi connectivity index (χ4v) is 7.42. The molecule has 2 unspecified atom stereocenters. The van der Waals surface area contributed by atoms with Crippen molar-refractivity contribution in [1.82, 2.24) is 0 Å². The van der Waals surface area contributed by atoms with E-state index < -0.39 is 0 Å². The Balaban J connectivity index is 1.10. The van der Waals surface area contributed by atoms with Crippen molar-refractivity contribution in [1.29, 1.82) is 0 Å². The van der Waals surface area contributed by atoms with Gasteiger partial charge in [0.2, 0.25) is 0 Å². The summed E-state index contributed by atoms with van der Waals surface area (Å²) in [5, 5.41) is 2.44. The van der Waals surface area contributed by atoms with Gasteiger partial charge in [0.05, 0.1) is 18.3 Å². The molecule has 0 saturated carbocycles. The van der Waals surface area contributed by atoms with Gasteiger partial charge in [-0.15, -0.1) is 0 Å². The Labute approximate surface area is 323 Å². The van der Waals surface area contributed by atoms with Crippen LogP contribution in [0.1, 0.15) is 41.2 Å². The molecule has 6 aromatic rings. The second-order valence-electron chi connectivity index (χ2n) is 14.0. The van der Waals surface area contributed by atoms with Crippen molar-refractivity contribution in [2.75, 3.05) is 0 Å². The Kier molecular flexibility index (Phi) is 10.3. The molecular formula is C50H43N5. The first-order valence-electron chi connectivity index (χ1n) is 18.9. The molecule has 5 nitrogen and oxygen atoms in total. The zero-order chi connectivity index (χ0) is 37.6. The van der Waals surface area contributed by atoms with E-state index in [1.807, 2.05) is 37.6 Å². The minimum atomic E-state index is 0.111. The molecule has 8 rings (SSSR count). The van der Waals surface area contributed by atoms with E-state index in [4.69, 9.17) is 20.7 Å². The molecule has 0 radical (unpaired) electrons. The highest BCUT2D eigenvalue weighted by molar-refractivity contribution is 6.11. The summed E-state index contributed by atoms with van der Waals surface area (Å²) in [5.74, 6) is 1.38. The van der Waals surface area contributed by atoms with Gasteiger partial charge in [-0.05, 0) is 82.0 Å². The first kappa shape index (κ1) is 35.3. The quantitative estimate of drug-likeness (QED) is 0.124. The van der Waals surface area contributed by atoms with E-state index >= 15 is 0 Å². The standard InChI is InChI=1S/C50H43N5/c1-3-52-48-34(2)10-6-18-46(48)40-21-19-36(20-22-40)33-54-50(42-29-25-38(26-30-42)44-16-8-14-37-13-4-5-15-43(37)44)55-49(51)41-27-23-39(24-28-41)45-17-7-11-35-12-9-31-53-47(45)32-35/h3-31,35,47H,32-33H2,1-2H3,(H2,51,54,55). The molecular weight excluding hydrogens is 671 g/mol. The summed E-state index contributed by atoms with van der Waals surface area (Å²) in [6.07, 6.45) is 15.6. The van der Waals surface area contributed by atoms with Crippen LogP contribution in [0.25, 0.3) is 38.6 Å². The summed E-state index contributed by atoms with van der Waals surface area (Å²) in [4.78, 5) is 19.5. The normalized spacial score (nSPS) is 17.0. The van der Waals surface area contributed by atoms with Gasteiger partial charge in [-0.1, -0.05) is 158 Å². The average molecular weight is 714 g/mol. The number of aliphatic imine (C=N–C) groups is 4. The van der Waals surface area contributed by atoms with Gasteiger partial charge in [-0.3, -0.25) is 15.0 Å². The number of nitrogens with two attached hydrogens (primary N) is 1. The third kappa shape index (κ3) is 7.83. The van der Waals surface area contributed by atoms with E-state index in [2.05, 4.69) is 158 Å². The second-order valence-corrected chi connectivity index (χ2v) is 14.0. The van der Waals surface area contributed by atoms with Crippen molar-refractivity contribution in [2.24, 2.45) is 31.6 Å². The van der Waals surface area contributed by atoms with E-state index in [0.29, 0.717) is 24.1 Å². The van der Waals surface area contributed by atoms with Crippen LogP contribution in [0.15, 0.2) is 184 Å². The number of rotatable bonds is 8. The van der Waals surface area contributed by atoms with Gasteiger partial charge in [0.15, 0.2) is 5.84 Å². The maximum Gasteiger partial charge on any atom is 0.157 e. The molecule has 0 fully saturated rings. The molecule has 0 aromatic heterocycles. The Morgan fingerprint density at radius 2 is 1.40 bits per heavy atom. The summed E-state index contributed by atoms with van der Waals surface area (Å²) in [6.45, 7) is 4.49. The number of amidine groups is 2. The lowest BCUT2D eigenvalue weighted by Crippen LogP contribution is -2.17. The molecule has 6 aromatic carbocycles. The Bertz CT molecular complexity index is 2540. The molecule has 5 heteroatoms. The molecule has 0 saturated heterocycles. The number of hydrogen-bond donors (Lipinski definition) is 1. The summed E-state index contributed by atoms with van der Waals surface area (Å²) < 4.78 is 0. The summed E-state index contributed by atoms with van der Waals surface area (Å²) >= 11 is 0. The zero-order valence-corrected chi connectivity index (χ0v) is 31.2. The monoisotopic (exact) mass is 713 g/mol. The number of benzene rings is 6. The predicted octanol–water partition coefficient (Wildman–Crippen LogP) is 11.5. The van der Waals surface area contributed by atoms with Crippen molar-refractivity contribution in [3.63, 3.8) is 0 Å². The lowest BCUT2D eigenvalue weighted by atomic mass is 9.92. The van der Waals surface area contributed by atoms with Crippen LogP contribution in [0.2, 0.25) is 0 Å². The van der Waals surface area contributed by atoms with Gasteiger partial charge in [-0.2, -0.15) is 0 Å². The van der Waals surface area contributed by atoms with E-state index in [-0.39, 0.29) is 6.04 Å². The first-order chi connectivity index (χ1) is 27.0. The van der Waals surface area contributed by atoms with Gasteiger partial charge >= 0.3 is 0 Å². The highest BCUT2D eigenvalue weighted by Gasteiger charge is 2.21. The van der Waals surface area contributed by atoms with Gasteiger partial charge in [0.25, 0.3) is 0 Å². The van der Waals surface area contributed by atoms with Crippen LogP contribution in [0.3, 0.4) is 0 Å². The highest BCUT2D eigenvalue weighted by Crippen LogP contribution is 2.34. The van der Waals surface area contributed by atoms with Crippen molar-refractivity contribution in [2.45, 2.75) is 32.9 Å². The van der Waals surface area contributed by atoms with E-state index in [1.165, 1.54) is 21.9 Å². The van der Waals surface area contributed by atoms with Crippen molar-refractivity contribution < 1.29 is 0 Å². The minimum Gasteiger partial charge on any atom is -0.383 e. The lowest BCUT2D eigenvalue weighted by molar-refractivity contribution is 0.664. The molecule has 0 amide bonds. The second kappa shape index (κ2) is 16.1. The number of allylic oxidation sites excluding steroid dienone is 5. The Morgan fingerprint density at radius 1 is 0.727 bits per heavy atom. The van der Waals surface area contributed by atoms with Crippen LogP contribution in [-0.4, -0.2) is 30.1 Å². The number of para-hydroxylation sites is 1. The summed E-state index contributed by atoms with van der Waals surface area (Å²) in [6, 6.07) is 46.6. The molecule has 2 N–H and O–H groups in total. The zero-order valence-electron chi connectivity index (χ0n) is 31.2. The van der Waals surface area contributed by atoms with Crippen molar-refractivity contribution in [3.05, 3.63) is 192 Å². The Hall–Kier alpha value is -6.72. The third-order valence-corrected chi connectivity index (χ3v) is 10.4. The van der Waals surface area contributed by atoms with Crippen molar-refractivity contribution >= 4 is 46.1 Å². The highest BCUT2D eigenvalue weighted by atomic mass is 15.0. The van der Waals surface area contributed by atoms with Crippen LogP contribution >= 0.6 is 0 Å². The SMILES string of the molecule is CC=Nc1c(C)cccc1-c1ccc(CN=C(N=C(N)c2ccc(C3=CC=CC4C=CC=NC3C4)cc2)c2ccc(-c3cccc4ccccc34)cc2)cc1. The molecule has 2 aliphatic rings. The fourth-order valence-electron chi connectivity index (χ4n) is 7.42. The third-order valence-electron chi connectivity index (χ3n) is 10.4. The summed E-state index contributed by atoms with van der Waals surface area (Å²) in [5.41, 5.74) is 18.6. The minimum absolute atomic E-state index is 0.111. The van der Waals surface area contributed by atoms with Gasteiger partial charge < -0.3 is 5.73 Å². The molecule has 2 bridgehead atoms. The van der Waals surface area contributed by atoms with E-state index in [0.717, 1.165) is 56.6 Å². The van der Waals surface area contributed by atoms with E-state index in [1.54, 1.807) is 0 Å². The predicted molar refractivity (Wildman–Crippen MR) is 234 cm³/mol. The maximum atomic E-state index is 6.78. The van der Waals surface area contributed by atoms with Crippen LogP contribution in [0, 0.1) is 12.8 Å². The smallest absolute Gasteiger partial charge is 0.157 e. The van der Waals surface area contributed by atoms with Crippen molar-refractivity contribution in [3.8, 4) is 22.3 Å². The maximum absolute atomic E-state index is 6.78. The first-order valence-corrected chi connectivity index (χ1v) is 18.9. The van der Waals surface area contributed by atoms with Gasteiger partial charge in [-0.25, -0.2) is 4.99 Å². The number of aryl methyl sites for hydroxylation is 1. The fraction of sp³-hybridized carbons (Fsp3) is 0.120. The molecule has 55 heavy (non-hydrogen) atoms. The number of fused-ring (bicyclic) bond motifs is 3. The lowest BCUT2D eigenvalue weighted by Gasteiger charge is -2.17. The Morgan fingerprint density at radius 3 is 2.22 bits per heavy atom. The number of nitrogens with zero attached hydrogens (tertiary/aromatic N) is 4. The molecule has 268 valence electrons. The largest absolute Gasteiger partial charge is 0.383 e. The van der Waals surface area contributed by atoms with Crippen LogP contribution in [0.5, 0.6) is 0 Å². The van der Waals surface area contributed by atoms with Crippen LogP contribution < -0.4 is 5.73 Å².